The Kier molecular flexibility index (Phi) is 7.46. The van der Waals surface area contributed by atoms with Gasteiger partial charge in [-0.05, 0) is 88.0 Å². The van der Waals surface area contributed by atoms with Gasteiger partial charge in [0, 0.05) is 33.0 Å². The first kappa shape index (κ1) is 31.9. The molecule has 0 bridgehead atoms. The van der Waals surface area contributed by atoms with E-state index < -0.39 is 0 Å². The average molecular weight is 716 g/mol. The van der Waals surface area contributed by atoms with E-state index in [9.17, 15) is 0 Å². The lowest BCUT2D eigenvalue weighted by molar-refractivity contribution is 0.653. The van der Waals surface area contributed by atoms with Gasteiger partial charge < -0.3 is 8.98 Å². The van der Waals surface area contributed by atoms with Crippen molar-refractivity contribution in [2.75, 3.05) is 0 Å². The van der Waals surface area contributed by atoms with Gasteiger partial charge in [-0.2, -0.15) is 4.98 Å². The number of fused-ring (bicyclic) bond motifs is 6. The highest BCUT2D eigenvalue weighted by atomic mass is 16.3. The molecule has 0 N–H and O–H groups in total. The predicted octanol–water partition coefficient (Wildman–Crippen LogP) is 13.8. The summed E-state index contributed by atoms with van der Waals surface area (Å²) in [7, 11) is 0. The van der Waals surface area contributed by atoms with Crippen molar-refractivity contribution in [3.8, 4) is 61.7 Å². The highest BCUT2D eigenvalue weighted by molar-refractivity contribution is 6.12. The highest BCUT2D eigenvalue weighted by Gasteiger charge is 2.19. The number of furan rings is 1. The Labute approximate surface area is 323 Å². The van der Waals surface area contributed by atoms with E-state index in [-0.39, 0.29) is 0 Å². The van der Waals surface area contributed by atoms with Crippen LogP contribution in [-0.4, -0.2) is 14.5 Å². The summed E-state index contributed by atoms with van der Waals surface area (Å²) in [5, 5.41) is 4.39. The summed E-state index contributed by atoms with van der Waals surface area (Å²) in [6, 6.07) is 70.6. The largest absolute Gasteiger partial charge is 0.438 e. The van der Waals surface area contributed by atoms with Gasteiger partial charge in [-0.1, -0.05) is 146 Å². The molecule has 0 aliphatic carbocycles. The van der Waals surface area contributed by atoms with E-state index in [4.69, 9.17) is 14.4 Å². The standard InChI is InChI=1S/C52H33N3O/c1-4-14-34(15-5-1)39-26-28-46-44(32-39)45-33-40(27-29-47(45)55(46)42-22-8-3-9-23-42)37-19-12-18-36(30-37)38-20-13-21-41(31-38)51-53-50(35-16-6-2-7-17-35)49-43-24-10-11-25-48(43)56-52(49)54-51/h1-33H. The topological polar surface area (TPSA) is 43.9 Å². The SMILES string of the molecule is c1ccc(-c2ccc3c(c2)c2cc(-c4cccc(-c5cccc(-c6nc(-c7ccccc7)c7c(n6)oc6ccccc67)c5)c4)ccc2n3-c2ccccc2)cc1. The third-order valence-electron chi connectivity index (χ3n) is 10.8. The van der Waals surface area contributed by atoms with E-state index in [1.807, 2.05) is 36.4 Å². The molecule has 8 aromatic carbocycles. The van der Waals surface area contributed by atoms with Gasteiger partial charge >= 0.3 is 0 Å². The molecule has 4 heteroatoms. The molecule has 0 amide bonds. The third kappa shape index (κ3) is 5.39. The van der Waals surface area contributed by atoms with Crippen LogP contribution in [0.5, 0.6) is 0 Å². The maximum Gasteiger partial charge on any atom is 0.231 e. The summed E-state index contributed by atoms with van der Waals surface area (Å²) in [5.74, 6) is 0.628. The second kappa shape index (κ2) is 13.1. The normalized spacial score (nSPS) is 11.6. The average Bonchev–Trinajstić information content (AvgIpc) is 3.82. The first-order chi connectivity index (χ1) is 27.7. The van der Waals surface area contributed by atoms with Crippen molar-refractivity contribution in [1.29, 1.82) is 0 Å². The molecule has 56 heavy (non-hydrogen) atoms. The molecule has 0 aliphatic rings. The van der Waals surface area contributed by atoms with Crippen molar-refractivity contribution in [2.45, 2.75) is 0 Å². The van der Waals surface area contributed by atoms with Gasteiger partial charge in [-0.25, -0.2) is 4.98 Å². The van der Waals surface area contributed by atoms with Crippen LogP contribution < -0.4 is 0 Å². The van der Waals surface area contributed by atoms with E-state index in [1.165, 1.54) is 38.5 Å². The maximum atomic E-state index is 6.32. The smallest absolute Gasteiger partial charge is 0.231 e. The first-order valence-electron chi connectivity index (χ1n) is 18.9. The molecule has 0 saturated carbocycles. The summed E-state index contributed by atoms with van der Waals surface area (Å²) in [6.07, 6.45) is 0. The van der Waals surface area contributed by atoms with Crippen LogP contribution >= 0.6 is 0 Å². The number of nitrogens with zero attached hydrogens (tertiary/aromatic N) is 3. The molecule has 11 rings (SSSR count). The monoisotopic (exact) mass is 715 g/mol. The molecular weight excluding hydrogens is 683 g/mol. The molecule has 0 spiro atoms. The summed E-state index contributed by atoms with van der Waals surface area (Å²) in [6.45, 7) is 0. The molecule has 11 aromatic rings. The van der Waals surface area contributed by atoms with Crippen LogP contribution in [0.4, 0.5) is 0 Å². The zero-order valence-corrected chi connectivity index (χ0v) is 30.3. The molecular formula is C52H33N3O. The summed E-state index contributed by atoms with van der Waals surface area (Å²) >= 11 is 0. The van der Waals surface area contributed by atoms with Gasteiger partial charge in [-0.3, -0.25) is 0 Å². The quantitative estimate of drug-likeness (QED) is 0.172. The van der Waals surface area contributed by atoms with Crippen LogP contribution in [0.15, 0.2) is 205 Å². The molecule has 0 radical (unpaired) electrons. The van der Waals surface area contributed by atoms with E-state index in [0.717, 1.165) is 55.6 Å². The predicted molar refractivity (Wildman–Crippen MR) is 231 cm³/mol. The third-order valence-corrected chi connectivity index (χ3v) is 10.8. The van der Waals surface area contributed by atoms with Crippen molar-refractivity contribution in [1.82, 2.24) is 14.5 Å². The highest BCUT2D eigenvalue weighted by Crippen LogP contribution is 2.39. The lowest BCUT2D eigenvalue weighted by Gasteiger charge is -2.10. The first-order valence-corrected chi connectivity index (χ1v) is 18.9. The van der Waals surface area contributed by atoms with Gasteiger partial charge in [0.2, 0.25) is 5.71 Å². The van der Waals surface area contributed by atoms with Crippen LogP contribution in [0.2, 0.25) is 0 Å². The minimum atomic E-state index is 0.586. The molecule has 3 aromatic heterocycles. The Hall–Kier alpha value is -7.56. The maximum absolute atomic E-state index is 6.32. The van der Waals surface area contributed by atoms with Crippen LogP contribution in [0, 0.1) is 0 Å². The molecule has 0 saturated heterocycles. The zero-order valence-electron chi connectivity index (χ0n) is 30.3. The molecule has 0 aliphatic heterocycles. The van der Waals surface area contributed by atoms with Crippen molar-refractivity contribution >= 4 is 43.9 Å². The second-order valence-corrected chi connectivity index (χ2v) is 14.2. The van der Waals surface area contributed by atoms with Gasteiger partial charge in [-0.15, -0.1) is 0 Å². The molecule has 0 atom stereocenters. The fourth-order valence-electron chi connectivity index (χ4n) is 8.14. The lowest BCUT2D eigenvalue weighted by Crippen LogP contribution is -1.94. The number of hydrogen-bond acceptors (Lipinski definition) is 3. The number of hydrogen-bond donors (Lipinski definition) is 0. The lowest BCUT2D eigenvalue weighted by atomic mass is 9.96. The van der Waals surface area contributed by atoms with Crippen molar-refractivity contribution in [3.05, 3.63) is 200 Å². The number of rotatable bonds is 6. The molecule has 262 valence electrons. The Morgan fingerprint density at radius 1 is 0.357 bits per heavy atom. The van der Waals surface area contributed by atoms with Crippen molar-refractivity contribution in [2.24, 2.45) is 0 Å². The molecule has 3 heterocycles. The minimum Gasteiger partial charge on any atom is -0.438 e. The Bertz CT molecular complexity index is 3240. The van der Waals surface area contributed by atoms with E-state index >= 15 is 0 Å². The Morgan fingerprint density at radius 3 is 1.52 bits per heavy atom. The van der Waals surface area contributed by atoms with Gasteiger partial charge in [0.15, 0.2) is 5.82 Å². The number of aromatic nitrogens is 3. The van der Waals surface area contributed by atoms with Crippen LogP contribution in [0.1, 0.15) is 0 Å². The summed E-state index contributed by atoms with van der Waals surface area (Å²) < 4.78 is 8.69. The van der Waals surface area contributed by atoms with E-state index in [0.29, 0.717) is 11.5 Å². The Balaban J connectivity index is 1.02. The Morgan fingerprint density at radius 2 is 0.857 bits per heavy atom. The minimum absolute atomic E-state index is 0.586. The van der Waals surface area contributed by atoms with Crippen LogP contribution in [0.3, 0.4) is 0 Å². The fourth-order valence-corrected chi connectivity index (χ4v) is 8.14. The van der Waals surface area contributed by atoms with E-state index in [2.05, 4.69) is 168 Å². The van der Waals surface area contributed by atoms with Crippen molar-refractivity contribution < 1.29 is 4.42 Å². The van der Waals surface area contributed by atoms with Gasteiger partial charge in [0.05, 0.1) is 22.1 Å². The van der Waals surface area contributed by atoms with Gasteiger partial charge in [0.1, 0.15) is 5.58 Å². The molecule has 0 unspecified atom stereocenters. The van der Waals surface area contributed by atoms with Crippen molar-refractivity contribution in [3.63, 3.8) is 0 Å². The van der Waals surface area contributed by atoms with Gasteiger partial charge in [0.25, 0.3) is 0 Å². The number of para-hydroxylation sites is 2. The summed E-state index contributed by atoms with van der Waals surface area (Å²) in [5.41, 5.74) is 14.7. The van der Waals surface area contributed by atoms with Crippen LogP contribution in [0.25, 0.3) is 106 Å². The number of benzene rings is 8. The fraction of sp³-hybridized carbons (Fsp3) is 0. The molecule has 0 fully saturated rings. The zero-order chi connectivity index (χ0) is 37.0. The molecule has 4 nitrogen and oxygen atoms in total. The second-order valence-electron chi connectivity index (χ2n) is 14.2. The van der Waals surface area contributed by atoms with Crippen LogP contribution in [-0.2, 0) is 0 Å². The summed E-state index contributed by atoms with van der Waals surface area (Å²) in [4.78, 5) is 10.2. The van der Waals surface area contributed by atoms with E-state index in [1.54, 1.807) is 0 Å².